The Morgan fingerprint density at radius 3 is 2.39 bits per heavy atom. The smallest absolute Gasteiger partial charge is 0.250 e. The molecule has 0 saturated heterocycles. The molecule has 0 spiro atoms. The van der Waals surface area contributed by atoms with Crippen LogP contribution in [0.5, 0.6) is 11.5 Å². The van der Waals surface area contributed by atoms with Gasteiger partial charge in [0, 0.05) is 11.6 Å². The van der Waals surface area contributed by atoms with Gasteiger partial charge in [0.2, 0.25) is 11.8 Å². The van der Waals surface area contributed by atoms with Crippen LogP contribution in [0, 0.1) is 0 Å². The first kappa shape index (κ1) is 20.9. The first-order valence-corrected chi connectivity index (χ1v) is 8.76. The summed E-state index contributed by atoms with van der Waals surface area (Å²) < 4.78 is 10.3. The van der Waals surface area contributed by atoms with Gasteiger partial charge in [0.05, 0.1) is 20.6 Å². The first-order chi connectivity index (χ1) is 13.5. The Kier molecular flexibility index (Phi) is 7.98. The molecular weight excluding hydrogens is 378 g/mol. The number of carbonyl (C=O) groups is 2. The van der Waals surface area contributed by atoms with Crippen LogP contribution < -0.4 is 25.6 Å². The van der Waals surface area contributed by atoms with Crippen LogP contribution in [0.1, 0.15) is 11.1 Å². The van der Waals surface area contributed by atoms with Gasteiger partial charge in [0.1, 0.15) is 11.5 Å². The summed E-state index contributed by atoms with van der Waals surface area (Å²) in [5.41, 5.74) is 6.50. The second-order valence-corrected chi connectivity index (χ2v) is 6.00. The van der Waals surface area contributed by atoms with Crippen LogP contribution >= 0.6 is 12.2 Å². The van der Waals surface area contributed by atoms with Crippen molar-refractivity contribution < 1.29 is 19.1 Å². The van der Waals surface area contributed by atoms with Crippen molar-refractivity contribution in [3.05, 3.63) is 65.7 Å². The number of ether oxygens (including phenoxy) is 2. The Balaban J connectivity index is 1.77. The van der Waals surface area contributed by atoms with Gasteiger partial charge in [0.15, 0.2) is 5.11 Å². The summed E-state index contributed by atoms with van der Waals surface area (Å²) in [5, 5.41) is 2.43. The van der Waals surface area contributed by atoms with Crippen LogP contribution in [0.4, 0.5) is 0 Å². The third kappa shape index (κ3) is 6.73. The molecule has 146 valence electrons. The van der Waals surface area contributed by atoms with Gasteiger partial charge in [-0.25, -0.2) is 0 Å². The number of hydrogen-bond acceptors (Lipinski definition) is 5. The van der Waals surface area contributed by atoms with Gasteiger partial charge in [0.25, 0.3) is 0 Å². The third-order valence-corrected chi connectivity index (χ3v) is 3.83. The van der Waals surface area contributed by atoms with Gasteiger partial charge in [-0.2, -0.15) is 0 Å². The molecule has 2 rings (SSSR count). The molecule has 3 N–H and O–H groups in total. The molecule has 0 atom stereocenters. The normalized spacial score (nSPS) is 10.2. The van der Waals surface area contributed by atoms with Gasteiger partial charge in [-0.3, -0.25) is 25.8 Å². The molecule has 0 saturated carbocycles. The lowest BCUT2D eigenvalue weighted by Gasteiger charge is -2.10. The fraction of sp³-hybridized carbons (Fsp3) is 0.150. The van der Waals surface area contributed by atoms with Crippen LogP contribution in [0.2, 0.25) is 0 Å². The number of hydrazine groups is 1. The predicted octanol–water partition coefficient (Wildman–Crippen LogP) is 1.98. The molecule has 7 nitrogen and oxygen atoms in total. The second kappa shape index (κ2) is 10.7. The van der Waals surface area contributed by atoms with E-state index in [1.54, 1.807) is 50.6 Å². The van der Waals surface area contributed by atoms with Crippen LogP contribution in [-0.4, -0.2) is 31.1 Å². The minimum absolute atomic E-state index is 0.0160. The molecule has 0 heterocycles. The van der Waals surface area contributed by atoms with Crippen LogP contribution in [0.3, 0.4) is 0 Å². The summed E-state index contributed by atoms with van der Waals surface area (Å²) in [6.45, 7) is 0. The predicted molar refractivity (Wildman–Crippen MR) is 111 cm³/mol. The van der Waals surface area contributed by atoms with Crippen molar-refractivity contribution in [3.63, 3.8) is 0 Å². The van der Waals surface area contributed by atoms with Crippen molar-refractivity contribution in [2.75, 3.05) is 14.2 Å². The van der Waals surface area contributed by atoms with E-state index in [0.717, 1.165) is 11.1 Å². The number of rotatable bonds is 6. The topological polar surface area (TPSA) is 88.7 Å². The van der Waals surface area contributed by atoms with E-state index >= 15 is 0 Å². The molecule has 28 heavy (non-hydrogen) atoms. The van der Waals surface area contributed by atoms with Crippen molar-refractivity contribution in [1.82, 2.24) is 16.2 Å². The van der Waals surface area contributed by atoms with Crippen molar-refractivity contribution in [2.45, 2.75) is 6.42 Å². The summed E-state index contributed by atoms with van der Waals surface area (Å²) in [4.78, 5) is 23.9. The summed E-state index contributed by atoms with van der Waals surface area (Å²) in [6.07, 6.45) is 3.09. The number of nitrogens with one attached hydrogen (secondary N) is 3. The number of methoxy groups -OCH3 is 2. The Labute approximate surface area is 168 Å². The zero-order valence-electron chi connectivity index (χ0n) is 15.5. The molecule has 2 amide bonds. The van der Waals surface area contributed by atoms with Crippen molar-refractivity contribution in [3.8, 4) is 11.5 Å². The summed E-state index contributed by atoms with van der Waals surface area (Å²) in [5.74, 6) is 0.629. The number of hydrogen-bond donors (Lipinski definition) is 3. The highest BCUT2D eigenvalue weighted by Crippen LogP contribution is 2.18. The molecular formula is C20H21N3O4S. The highest BCUT2D eigenvalue weighted by molar-refractivity contribution is 7.80. The molecule has 0 fully saturated rings. The lowest BCUT2D eigenvalue weighted by molar-refractivity contribution is -0.121. The molecule has 0 aliphatic heterocycles. The fourth-order valence-electron chi connectivity index (χ4n) is 2.25. The third-order valence-electron chi connectivity index (χ3n) is 3.63. The SMILES string of the molecule is COc1ccc(CC(=O)NNC(=S)NC(=O)C=Cc2ccccc2OC)cc1. The summed E-state index contributed by atoms with van der Waals surface area (Å²) >= 11 is 4.99. The van der Waals surface area contributed by atoms with Gasteiger partial charge in [-0.1, -0.05) is 30.3 Å². The molecule has 2 aromatic carbocycles. The van der Waals surface area contributed by atoms with Crippen molar-refractivity contribution >= 4 is 35.2 Å². The highest BCUT2D eigenvalue weighted by Gasteiger charge is 2.06. The molecule has 8 heteroatoms. The van der Waals surface area contributed by atoms with E-state index < -0.39 is 5.91 Å². The Morgan fingerprint density at radius 1 is 1.00 bits per heavy atom. The maximum absolute atomic E-state index is 11.9. The summed E-state index contributed by atoms with van der Waals surface area (Å²) in [7, 11) is 3.13. The average molecular weight is 399 g/mol. The lowest BCUT2D eigenvalue weighted by Crippen LogP contribution is -2.48. The van der Waals surface area contributed by atoms with Gasteiger partial charge in [-0.05, 0) is 42.1 Å². The van der Waals surface area contributed by atoms with E-state index in [2.05, 4.69) is 16.2 Å². The second-order valence-electron chi connectivity index (χ2n) is 5.59. The zero-order valence-corrected chi connectivity index (χ0v) is 16.3. The number of amides is 2. The largest absolute Gasteiger partial charge is 0.497 e. The molecule has 2 aromatic rings. The van der Waals surface area contributed by atoms with E-state index in [0.29, 0.717) is 11.5 Å². The number of para-hydroxylation sites is 1. The molecule has 0 aliphatic rings. The minimum atomic E-state index is -0.437. The Bertz CT molecular complexity index is 866. The molecule has 0 bridgehead atoms. The molecule has 0 aromatic heterocycles. The first-order valence-electron chi connectivity index (χ1n) is 8.35. The van der Waals surface area contributed by atoms with Crippen molar-refractivity contribution in [1.29, 1.82) is 0 Å². The van der Waals surface area contributed by atoms with E-state index in [4.69, 9.17) is 21.7 Å². The molecule has 0 unspecified atom stereocenters. The number of carbonyl (C=O) groups excluding carboxylic acids is 2. The zero-order chi connectivity index (χ0) is 20.4. The lowest BCUT2D eigenvalue weighted by atomic mass is 10.1. The van der Waals surface area contributed by atoms with Crippen LogP contribution in [-0.2, 0) is 16.0 Å². The van der Waals surface area contributed by atoms with Gasteiger partial charge in [-0.15, -0.1) is 0 Å². The Hall–Kier alpha value is -3.39. The van der Waals surface area contributed by atoms with E-state index in [1.807, 2.05) is 18.2 Å². The minimum Gasteiger partial charge on any atom is -0.497 e. The maximum Gasteiger partial charge on any atom is 0.250 e. The van der Waals surface area contributed by atoms with Gasteiger partial charge >= 0.3 is 0 Å². The summed E-state index contributed by atoms with van der Waals surface area (Å²) in [6, 6.07) is 14.4. The van der Waals surface area contributed by atoms with Gasteiger partial charge < -0.3 is 9.47 Å². The maximum atomic E-state index is 11.9. The fourth-order valence-corrected chi connectivity index (χ4v) is 2.41. The van der Waals surface area contributed by atoms with Crippen LogP contribution in [0.15, 0.2) is 54.6 Å². The number of benzene rings is 2. The van der Waals surface area contributed by atoms with Crippen LogP contribution in [0.25, 0.3) is 6.08 Å². The standard InChI is InChI=1S/C20H21N3O4S/c1-26-16-10-7-14(8-11-16)13-19(25)22-23-20(28)21-18(24)12-9-15-5-3-4-6-17(15)27-2/h3-12H,13H2,1-2H3,(H,22,25)(H2,21,23,24,28). The number of thiocarbonyl (C=S) groups is 1. The van der Waals surface area contributed by atoms with Crippen molar-refractivity contribution in [2.24, 2.45) is 0 Å². The van der Waals surface area contributed by atoms with E-state index in [1.165, 1.54) is 6.08 Å². The quantitative estimate of drug-likeness (QED) is 0.391. The highest BCUT2D eigenvalue weighted by atomic mass is 32.1. The van der Waals surface area contributed by atoms with E-state index in [-0.39, 0.29) is 17.4 Å². The average Bonchev–Trinajstić information content (AvgIpc) is 2.71. The monoisotopic (exact) mass is 399 g/mol. The molecule has 0 radical (unpaired) electrons. The Morgan fingerprint density at radius 2 is 1.71 bits per heavy atom. The molecule has 0 aliphatic carbocycles. The van der Waals surface area contributed by atoms with E-state index in [9.17, 15) is 9.59 Å².